The lowest BCUT2D eigenvalue weighted by Gasteiger charge is -2.29. The third kappa shape index (κ3) is 3.42. The van der Waals surface area contributed by atoms with Crippen molar-refractivity contribution in [2.75, 3.05) is 6.61 Å². The Balaban J connectivity index is 1.75. The Kier molecular flexibility index (Phi) is 4.40. The second-order valence-corrected chi connectivity index (χ2v) is 5.53. The van der Waals surface area contributed by atoms with Crippen molar-refractivity contribution in [3.05, 3.63) is 0 Å². The van der Waals surface area contributed by atoms with Gasteiger partial charge in [-0.15, -0.1) is 0 Å². The fraction of sp³-hybridized carbons (Fsp3) is 0.923. The lowest BCUT2D eigenvalue weighted by Crippen LogP contribution is -2.42. The monoisotopic (exact) mass is 240 g/mol. The first-order chi connectivity index (χ1) is 8.21. The molecular formula is C13H24N2O2. The quantitative estimate of drug-likeness (QED) is 0.666. The summed E-state index contributed by atoms with van der Waals surface area (Å²) >= 11 is 0. The Hall–Kier alpha value is -0.610. The zero-order chi connectivity index (χ0) is 12.3. The van der Waals surface area contributed by atoms with Crippen LogP contribution in [0.15, 0.2) is 0 Å². The normalized spacial score (nSPS) is 33.4. The highest BCUT2D eigenvalue weighted by Crippen LogP contribution is 2.32. The van der Waals surface area contributed by atoms with Crippen LogP contribution in [0.25, 0.3) is 0 Å². The molecule has 2 fully saturated rings. The molecule has 4 nitrogen and oxygen atoms in total. The van der Waals surface area contributed by atoms with E-state index in [1.807, 2.05) is 6.92 Å². The number of rotatable bonds is 5. The van der Waals surface area contributed by atoms with E-state index in [0.717, 1.165) is 19.3 Å². The maximum atomic E-state index is 11.8. The van der Waals surface area contributed by atoms with Crippen molar-refractivity contribution in [1.82, 2.24) is 10.6 Å². The van der Waals surface area contributed by atoms with Crippen molar-refractivity contribution in [3.8, 4) is 0 Å². The zero-order valence-corrected chi connectivity index (χ0v) is 10.6. The summed E-state index contributed by atoms with van der Waals surface area (Å²) in [5.74, 6) is 0.641. The molecule has 17 heavy (non-hydrogen) atoms. The largest absolute Gasteiger partial charge is 0.394 e. The molecule has 98 valence electrons. The summed E-state index contributed by atoms with van der Waals surface area (Å²) in [6.07, 6.45) is 6.25. The van der Waals surface area contributed by atoms with E-state index >= 15 is 0 Å². The van der Waals surface area contributed by atoms with Gasteiger partial charge in [0.05, 0.1) is 12.6 Å². The smallest absolute Gasteiger partial charge is 0.220 e. The van der Waals surface area contributed by atoms with Crippen molar-refractivity contribution in [2.24, 2.45) is 5.92 Å². The Labute approximate surface area is 103 Å². The summed E-state index contributed by atoms with van der Waals surface area (Å²) in [7, 11) is 0. The summed E-state index contributed by atoms with van der Waals surface area (Å²) in [4.78, 5) is 11.8. The number of hydrogen-bond donors (Lipinski definition) is 3. The van der Waals surface area contributed by atoms with E-state index in [-0.39, 0.29) is 18.6 Å². The van der Waals surface area contributed by atoms with Gasteiger partial charge in [0, 0.05) is 18.5 Å². The maximum Gasteiger partial charge on any atom is 0.220 e. The average molecular weight is 240 g/mol. The molecular weight excluding hydrogens is 216 g/mol. The highest BCUT2D eigenvalue weighted by Gasteiger charge is 2.34. The molecule has 2 heterocycles. The number of hydrogen-bond acceptors (Lipinski definition) is 3. The highest BCUT2D eigenvalue weighted by atomic mass is 16.3. The fourth-order valence-electron chi connectivity index (χ4n) is 3.17. The van der Waals surface area contributed by atoms with Gasteiger partial charge in [0.25, 0.3) is 0 Å². The molecule has 2 rings (SSSR count). The molecule has 0 aromatic carbocycles. The summed E-state index contributed by atoms with van der Waals surface area (Å²) in [5, 5.41) is 15.5. The topological polar surface area (TPSA) is 61.4 Å². The lowest BCUT2D eigenvalue weighted by atomic mass is 9.89. The van der Waals surface area contributed by atoms with Crippen LogP contribution in [-0.4, -0.2) is 35.7 Å². The van der Waals surface area contributed by atoms with Crippen LogP contribution in [-0.2, 0) is 4.79 Å². The second kappa shape index (κ2) is 5.83. The van der Waals surface area contributed by atoms with Gasteiger partial charge in [0.15, 0.2) is 0 Å². The summed E-state index contributed by atoms with van der Waals surface area (Å²) in [5.41, 5.74) is 0. The molecule has 0 saturated carbocycles. The number of aliphatic hydroxyl groups is 1. The molecule has 3 atom stereocenters. The van der Waals surface area contributed by atoms with E-state index in [9.17, 15) is 4.79 Å². The number of piperidine rings is 1. The first-order valence-corrected chi connectivity index (χ1v) is 6.87. The minimum atomic E-state index is -0.0686. The Morgan fingerprint density at radius 1 is 1.41 bits per heavy atom. The molecule has 0 spiro atoms. The molecule has 2 aliphatic rings. The zero-order valence-electron chi connectivity index (χ0n) is 10.6. The summed E-state index contributed by atoms with van der Waals surface area (Å²) < 4.78 is 0. The first-order valence-electron chi connectivity index (χ1n) is 6.87. The molecule has 4 heteroatoms. The van der Waals surface area contributed by atoms with E-state index in [1.54, 1.807) is 0 Å². The van der Waals surface area contributed by atoms with Gasteiger partial charge in [-0.1, -0.05) is 6.92 Å². The van der Waals surface area contributed by atoms with Gasteiger partial charge in [-0.05, 0) is 38.0 Å². The van der Waals surface area contributed by atoms with Gasteiger partial charge in [-0.3, -0.25) is 4.79 Å². The number of aliphatic hydroxyl groups excluding tert-OH is 1. The molecule has 0 aliphatic carbocycles. The average Bonchev–Trinajstić information content (AvgIpc) is 2.65. The SMILES string of the molecule is CCC(CO)NC(=O)CC1CC2CCC(C1)N2. The standard InChI is InChI=1S/C13H24N2O2/c1-2-10(8-16)15-13(17)7-9-5-11-3-4-12(6-9)14-11/h9-12,14,16H,2-8H2,1H3,(H,15,17). The molecule has 0 aromatic heterocycles. The van der Waals surface area contributed by atoms with Crippen molar-refractivity contribution >= 4 is 5.91 Å². The molecule has 3 unspecified atom stereocenters. The van der Waals surface area contributed by atoms with Crippen molar-refractivity contribution < 1.29 is 9.90 Å². The molecule has 2 saturated heterocycles. The van der Waals surface area contributed by atoms with Crippen molar-refractivity contribution in [1.29, 1.82) is 0 Å². The van der Waals surface area contributed by atoms with Crippen molar-refractivity contribution in [2.45, 2.75) is 63.6 Å². The van der Waals surface area contributed by atoms with Gasteiger partial charge in [0.2, 0.25) is 5.91 Å². The molecule has 3 N–H and O–H groups in total. The molecule has 0 aromatic rings. The first kappa shape index (κ1) is 12.8. The van der Waals surface area contributed by atoms with Gasteiger partial charge in [-0.25, -0.2) is 0 Å². The van der Waals surface area contributed by atoms with Crippen LogP contribution in [0.5, 0.6) is 0 Å². The minimum Gasteiger partial charge on any atom is -0.394 e. The number of carbonyl (C=O) groups excluding carboxylic acids is 1. The minimum absolute atomic E-state index is 0.0414. The van der Waals surface area contributed by atoms with Crippen LogP contribution in [0, 0.1) is 5.92 Å². The van der Waals surface area contributed by atoms with Gasteiger partial charge < -0.3 is 15.7 Å². The van der Waals surface area contributed by atoms with Crippen LogP contribution < -0.4 is 10.6 Å². The summed E-state index contributed by atoms with van der Waals surface area (Å²) in [6.45, 7) is 2.02. The number of fused-ring (bicyclic) bond motifs is 2. The van der Waals surface area contributed by atoms with Gasteiger partial charge >= 0.3 is 0 Å². The van der Waals surface area contributed by atoms with Gasteiger partial charge in [-0.2, -0.15) is 0 Å². The number of amides is 1. The van der Waals surface area contributed by atoms with E-state index in [2.05, 4.69) is 10.6 Å². The predicted octanol–water partition coefficient (Wildman–Crippen LogP) is 0.794. The Morgan fingerprint density at radius 3 is 2.59 bits per heavy atom. The third-order valence-corrected chi connectivity index (χ3v) is 4.12. The maximum absolute atomic E-state index is 11.8. The van der Waals surface area contributed by atoms with E-state index in [0.29, 0.717) is 24.4 Å². The van der Waals surface area contributed by atoms with Crippen LogP contribution in [0.1, 0.15) is 45.4 Å². The number of carbonyl (C=O) groups is 1. The lowest BCUT2D eigenvalue weighted by molar-refractivity contribution is -0.123. The molecule has 0 radical (unpaired) electrons. The number of nitrogens with one attached hydrogen (secondary N) is 2. The van der Waals surface area contributed by atoms with Crippen molar-refractivity contribution in [3.63, 3.8) is 0 Å². The van der Waals surface area contributed by atoms with E-state index in [4.69, 9.17) is 5.11 Å². The highest BCUT2D eigenvalue weighted by molar-refractivity contribution is 5.76. The summed E-state index contributed by atoms with van der Waals surface area (Å²) in [6, 6.07) is 1.22. The van der Waals surface area contributed by atoms with Crippen LogP contribution in [0.3, 0.4) is 0 Å². The third-order valence-electron chi connectivity index (χ3n) is 4.12. The van der Waals surface area contributed by atoms with Gasteiger partial charge in [0.1, 0.15) is 0 Å². The fourth-order valence-corrected chi connectivity index (χ4v) is 3.17. The molecule has 1 amide bonds. The second-order valence-electron chi connectivity index (χ2n) is 5.53. The van der Waals surface area contributed by atoms with Crippen LogP contribution in [0.4, 0.5) is 0 Å². The Bertz CT molecular complexity index is 254. The van der Waals surface area contributed by atoms with E-state index in [1.165, 1.54) is 12.8 Å². The van der Waals surface area contributed by atoms with Crippen LogP contribution in [0.2, 0.25) is 0 Å². The van der Waals surface area contributed by atoms with E-state index < -0.39 is 0 Å². The van der Waals surface area contributed by atoms with Crippen LogP contribution >= 0.6 is 0 Å². The molecule has 2 aliphatic heterocycles. The molecule has 2 bridgehead atoms. The Morgan fingerprint density at radius 2 is 2.06 bits per heavy atom. The predicted molar refractivity (Wildman–Crippen MR) is 66.6 cm³/mol.